The van der Waals surface area contributed by atoms with E-state index in [0.29, 0.717) is 18.2 Å². The Hall–Kier alpha value is -2.88. The lowest BCUT2D eigenvalue weighted by Crippen LogP contribution is -2.42. The average molecular weight is 403 g/mol. The van der Waals surface area contributed by atoms with Crippen molar-refractivity contribution in [1.82, 2.24) is 25.0 Å². The van der Waals surface area contributed by atoms with Crippen molar-refractivity contribution < 1.29 is 19.1 Å². The molecular formula is C18H21N5O4S. The summed E-state index contributed by atoms with van der Waals surface area (Å²) in [6.07, 6.45) is -1.03. The van der Waals surface area contributed by atoms with Gasteiger partial charge < -0.3 is 14.6 Å². The van der Waals surface area contributed by atoms with Crippen LogP contribution in [0.3, 0.4) is 0 Å². The molecule has 0 aliphatic carbocycles. The van der Waals surface area contributed by atoms with Crippen molar-refractivity contribution in [2.45, 2.75) is 31.7 Å². The summed E-state index contributed by atoms with van der Waals surface area (Å²) in [6, 6.07) is 9.40. The maximum atomic E-state index is 12.2. The molecule has 0 radical (unpaired) electrons. The van der Waals surface area contributed by atoms with Gasteiger partial charge in [-0.15, -0.1) is 10.2 Å². The van der Waals surface area contributed by atoms with Crippen LogP contribution in [0, 0.1) is 6.92 Å². The van der Waals surface area contributed by atoms with Crippen molar-refractivity contribution >= 4 is 29.7 Å². The van der Waals surface area contributed by atoms with E-state index < -0.39 is 24.0 Å². The minimum absolute atomic E-state index is 0.0171. The lowest BCUT2D eigenvalue weighted by atomic mass is 10.2. The number of hydrogen-bond donors (Lipinski definition) is 1. The van der Waals surface area contributed by atoms with Crippen LogP contribution in [0.25, 0.3) is 0 Å². The summed E-state index contributed by atoms with van der Waals surface area (Å²) in [4.78, 5) is 36.9. The molecule has 9 nitrogen and oxygen atoms in total. The Labute approximate surface area is 166 Å². The third-order valence-electron chi connectivity index (χ3n) is 4.18. The molecule has 148 valence electrons. The maximum absolute atomic E-state index is 12.2. The van der Waals surface area contributed by atoms with E-state index in [-0.39, 0.29) is 12.3 Å². The number of nitrogens with zero attached hydrogens (tertiary/aromatic N) is 4. The molecule has 1 aromatic heterocycles. The standard InChI is InChI=1S/C18H21N5O4S/c1-12(16(25)22-9-8-19-17(22)26)27-15(24)11-28-18-21-20-13(2)23(18)10-14-6-4-3-5-7-14/h3-7,12H,8-11H2,1-2H3,(H,19,26)/t12-/m1/s1. The average Bonchev–Trinajstić information content (AvgIpc) is 3.26. The number of urea groups is 1. The molecule has 1 N–H and O–H groups in total. The lowest BCUT2D eigenvalue weighted by molar-refractivity contribution is -0.155. The summed E-state index contributed by atoms with van der Waals surface area (Å²) in [5.74, 6) is -0.367. The van der Waals surface area contributed by atoms with Crippen LogP contribution >= 0.6 is 11.8 Å². The van der Waals surface area contributed by atoms with E-state index in [1.807, 2.05) is 41.8 Å². The molecule has 2 heterocycles. The molecule has 1 atom stereocenters. The Morgan fingerprint density at radius 3 is 2.71 bits per heavy atom. The van der Waals surface area contributed by atoms with E-state index in [1.54, 1.807) is 0 Å². The predicted molar refractivity (Wildman–Crippen MR) is 102 cm³/mol. The second-order valence-electron chi connectivity index (χ2n) is 6.24. The lowest BCUT2D eigenvalue weighted by Gasteiger charge is -2.18. The number of nitrogens with one attached hydrogen (secondary N) is 1. The topological polar surface area (TPSA) is 106 Å². The second-order valence-corrected chi connectivity index (χ2v) is 7.19. The fourth-order valence-electron chi connectivity index (χ4n) is 2.72. The van der Waals surface area contributed by atoms with E-state index in [4.69, 9.17) is 4.74 Å². The van der Waals surface area contributed by atoms with E-state index in [1.165, 1.54) is 18.7 Å². The summed E-state index contributed by atoms with van der Waals surface area (Å²) in [7, 11) is 0. The van der Waals surface area contributed by atoms with Gasteiger partial charge in [0.05, 0.1) is 12.3 Å². The van der Waals surface area contributed by atoms with Gasteiger partial charge in [0.25, 0.3) is 5.91 Å². The third kappa shape index (κ3) is 4.69. The zero-order chi connectivity index (χ0) is 20.1. The predicted octanol–water partition coefficient (Wildman–Crippen LogP) is 1.21. The van der Waals surface area contributed by atoms with Crippen molar-refractivity contribution in [1.29, 1.82) is 0 Å². The Morgan fingerprint density at radius 2 is 2.04 bits per heavy atom. The number of ether oxygens (including phenoxy) is 1. The maximum Gasteiger partial charge on any atom is 0.324 e. The quantitative estimate of drug-likeness (QED) is 0.547. The van der Waals surface area contributed by atoms with Crippen LogP contribution in [-0.4, -0.2) is 62.5 Å². The highest BCUT2D eigenvalue weighted by atomic mass is 32.2. The number of hydrogen-bond acceptors (Lipinski definition) is 7. The smallest absolute Gasteiger partial charge is 0.324 e. The number of imide groups is 1. The first kappa shape index (κ1) is 19.9. The van der Waals surface area contributed by atoms with Gasteiger partial charge in [0, 0.05) is 13.1 Å². The van der Waals surface area contributed by atoms with Crippen LogP contribution in [-0.2, 0) is 20.9 Å². The van der Waals surface area contributed by atoms with E-state index in [0.717, 1.165) is 16.3 Å². The Kier molecular flexibility index (Phi) is 6.30. The molecule has 10 heteroatoms. The first-order valence-electron chi connectivity index (χ1n) is 8.81. The highest BCUT2D eigenvalue weighted by Gasteiger charge is 2.31. The molecule has 1 aliphatic heterocycles. The monoisotopic (exact) mass is 403 g/mol. The van der Waals surface area contributed by atoms with Gasteiger partial charge >= 0.3 is 12.0 Å². The van der Waals surface area contributed by atoms with Gasteiger partial charge in [0.2, 0.25) is 0 Å². The van der Waals surface area contributed by atoms with Gasteiger partial charge in [-0.3, -0.25) is 14.5 Å². The number of aromatic nitrogens is 3. The van der Waals surface area contributed by atoms with Crippen LogP contribution in [0.15, 0.2) is 35.5 Å². The van der Waals surface area contributed by atoms with Crippen molar-refractivity contribution in [2.75, 3.05) is 18.8 Å². The van der Waals surface area contributed by atoms with Crippen LogP contribution in [0.2, 0.25) is 0 Å². The normalized spacial score (nSPS) is 14.6. The Morgan fingerprint density at radius 1 is 1.29 bits per heavy atom. The Bertz CT molecular complexity index is 870. The highest BCUT2D eigenvalue weighted by molar-refractivity contribution is 7.99. The number of esters is 1. The molecule has 0 saturated carbocycles. The summed E-state index contributed by atoms with van der Waals surface area (Å²) >= 11 is 1.19. The van der Waals surface area contributed by atoms with Crippen molar-refractivity contribution in [3.05, 3.63) is 41.7 Å². The van der Waals surface area contributed by atoms with Crippen LogP contribution in [0.4, 0.5) is 4.79 Å². The van der Waals surface area contributed by atoms with E-state index >= 15 is 0 Å². The third-order valence-corrected chi connectivity index (χ3v) is 5.12. The molecule has 1 aromatic carbocycles. The fraction of sp³-hybridized carbons (Fsp3) is 0.389. The summed E-state index contributed by atoms with van der Waals surface area (Å²) < 4.78 is 7.08. The number of amides is 3. The molecule has 3 amide bonds. The number of thioether (sulfide) groups is 1. The summed E-state index contributed by atoms with van der Waals surface area (Å²) in [5.41, 5.74) is 1.10. The van der Waals surface area contributed by atoms with E-state index in [9.17, 15) is 14.4 Å². The van der Waals surface area contributed by atoms with Gasteiger partial charge in [-0.05, 0) is 19.4 Å². The first-order valence-corrected chi connectivity index (χ1v) is 9.79. The second kappa shape index (κ2) is 8.87. The van der Waals surface area contributed by atoms with Crippen LogP contribution < -0.4 is 5.32 Å². The summed E-state index contributed by atoms with van der Waals surface area (Å²) in [5, 5.41) is 11.3. The minimum atomic E-state index is -1.03. The molecule has 1 saturated heterocycles. The Balaban J connectivity index is 1.55. The SMILES string of the molecule is Cc1nnc(SCC(=O)O[C@H](C)C(=O)N2CCNC2=O)n1Cc1ccccc1. The molecule has 2 aromatic rings. The van der Waals surface area contributed by atoms with Crippen LogP contribution in [0.5, 0.6) is 0 Å². The molecule has 1 aliphatic rings. The van der Waals surface area contributed by atoms with Gasteiger partial charge in [0.1, 0.15) is 5.82 Å². The number of benzene rings is 1. The molecular weight excluding hydrogens is 382 g/mol. The highest BCUT2D eigenvalue weighted by Crippen LogP contribution is 2.19. The number of rotatable bonds is 7. The van der Waals surface area contributed by atoms with Crippen molar-refractivity contribution in [3.8, 4) is 0 Å². The fourth-order valence-corrected chi connectivity index (χ4v) is 3.49. The zero-order valence-electron chi connectivity index (χ0n) is 15.6. The molecule has 0 bridgehead atoms. The van der Waals surface area contributed by atoms with Crippen LogP contribution in [0.1, 0.15) is 18.3 Å². The van der Waals surface area contributed by atoms with Gasteiger partial charge in [0.15, 0.2) is 11.3 Å². The molecule has 3 rings (SSSR count). The number of aryl methyl sites for hydroxylation is 1. The number of carbonyl (C=O) groups is 3. The zero-order valence-corrected chi connectivity index (χ0v) is 16.4. The minimum Gasteiger partial charge on any atom is -0.452 e. The van der Waals surface area contributed by atoms with Gasteiger partial charge in [-0.25, -0.2) is 4.79 Å². The number of carbonyl (C=O) groups excluding carboxylic acids is 3. The van der Waals surface area contributed by atoms with Crippen molar-refractivity contribution in [3.63, 3.8) is 0 Å². The van der Waals surface area contributed by atoms with Gasteiger partial charge in [-0.2, -0.15) is 0 Å². The first-order chi connectivity index (χ1) is 13.5. The van der Waals surface area contributed by atoms with Crippen molar-refractivity contribution in [2.24, 2.45) is 0 Å². The molecule has 0 unspecified atom stereocenters. The largest absolute Gasteiger partial charge is 0.452 e. The molecule has 0 spiro atoms. The molecule has 1 fully saturated rings. The van der Waals surface area contributed by atoms with E-state index in [2.05, 4.69) is 15.5 Å². The van der Waals surface area contributed by atoms with Gasteiger partial charge in [-0.1, -0.05) is 42.1 Å². The summed E-state index contributed by atoms with van der Waals surface area (Å²) in [6.45, 7) is 4.57. The molecule has 28 heavy (non-hydrogen) atoms.